The monoisotopic (exact) mass is 269 g/mol. The number of ether oxygens (including phenoxy) is 1. The van der Waals surface area contributed by atoms with Gasteiger partial charge in [-0.2, -0.15) is 0 Å². The fraction of sp³-hybridized carbons (Fsp3) is 0.929. The molecule has 0 atom stereocenters. The van der Waals surface area contributed by atoms with E-state index in [0.29, 0.717) is 12.1 Å². The molecule has 5 heteroatoms. The van der Waals surface area contributed by atoms with Crippen molar-refractivity contribution in [2.45, 2.75) is 51.3 Å². The van der Waals surface area contributed by atoms with E-state index in [-0.39, 0.29) is 6.09 Å². The number of rotatable bonds is 2. The number of hydrogen-bond donors (Lipinski definition) is 1. The molecule has 1 aliphatic heterocycles. The smallest absolute Gasteiger partial charge is 0.407 e. The number of carbonyl (C=O) groups excluding carboxylic acids is 1. The maximum Gasteiger partial charge on any atom is 0.407 e. The van der Waals surface area contributed by atoms with Gasteiger partial charge in [-0.05, 0) is 40.7 Å². The van der Waals surface area contributed by atoms with Gasteiger partial charge in [0.2, 0.25) is 0 Å². The molecule has 2 rings (SSSR count). The van der Waals surface area contributed by atoms with Crippen LogP contribution in [0, 0.1) is 0 Å². The summed E-state index contributed by atoms with van der Waals surface area (Å²) >= 11 is 0. The average Bonchev–Trinajstić information content (AvgIpc) is 2.22. The third-order valence-corrected chi connectivity index (χ3v) is 3.89. The Bertz CT molecular complexity index is 313. The molecular formula is C14H27N3O2. The predicted octanol–water partition coefficient (Wildman–Crippen LogP) is 1.29. The van der Waals surface area contributed by atoms with Gasteiger partial charge in [-0.3, -0.25) is 4.90 Å². The number of likely N-dealkylation sites (N-methyl/N-ethyl adjacent to an activating group) is 1. The van der Waals surface area contributed by atoms with E-state index in [0.717, 1.165) is 39.0 Å². The molecule has 19 heavy (non-hydrogen) atoms. The summed E-state index contributed by atoms with van der Waals surface area (Å²) in [4.78, 5) is 16.5. The summed E-state index contributed by atoms with van der Waals surface area (Å²) in [7, 11) is 2.17. The van der Waals surface area contributed by atoms with Crippen LogP contribution in [-0.4, -0.2) is 66.8 Å². The number of nitrogens with one attached hydrogen (secondary N) is 1. The van der Waals surface area contributed by atoms with Gasteiger partial charge in [-0.25, -0.2) is 4.79 Å². The fourth-order valence-corrected chi connectivity index (χ4v) is 2.67. The third-order valence-electron chi connectivity index (χ3n) is 3.89. The van der Waals surface area contributed by atoms with Crippen molar-refractivity contribution >= 4 is 6.09 Å². The Hall–Kier alpha value is -0.810. The fourth-order valence-electron chi connectivity index (χ4n) is 2.67. The normalized spacial score (nSPS) is 29.7. The number of alkyl carbamates (subject to hydrolysis) is 1. The van der Waals surface area contributed by atoms with Crippen LogP contribution in [-0.2, 0) is 4.74 Å². The average molecular weight is 269 g/mol. The molecule has 1 saturated heterocycles. The van der Waals surface area contributed by atoms with Crippen molar-refractivity contribution in [3.8, 4) is 0 Å². The van der Waals surface area contributed by atoms with Gasteiger partial charge in [0.15, 0.2) is 0 Å². The number of nitrogens with zero attached hydrogens (tertiary/aromatic N) is 2. The SMILES string of the molecule is CN1CCN([C@H]2C[C@@H](NC(=O)OC(C)(C)C)C2)CC1. The van der Waals surface area contributed by atoms with E-state index in [4.69, 9.17) is 4.74 Å². The van der Waals surface area contributed by atoms with Crippen LogP contribution >= 0.6 is 0 Å². The molecule has 1 saturated carbocycles. The lowest BCUT2D eigenvalue weighted by Gasteiger charge is -2.46. The van der Waals surface area contributed by atoms with Crippen molar-refractivity contribution < 1.29 is 9.53 Å². The van der Waals surface area contributed by atoms with E-state index in [9.17, 15) is 4.79 Å². The minimum absolute atomic E-state index is 0.283. The quantitative estimate of drug-likeness (QED) is 0.820. The number of carbonyl (C=O) groups is 1. The molecule has 110 valence electrons. The minimum atomic E-state index is -0.412. The number of amides is 1. The van der Waals surface area contributed by atoms with Gasteiger partial charge in [-0.15, -0.1) is 0 Å². The molecule has 1 heterocycles. The Kier molecular flexibility index (Phi) is 4.36. The molecule has 0 aromatic rings. The van der Waals surface area contributed by atoms with Crippen LogP contribution in [0.2, 0.25) is 0 Å². The second-order valence-electron chi connectivity index (χ2n) is 6.81. The largest absolute Gasteiger partial charge is 0.444 e. The number of hydrogen-bond acceptors (Lipinski definition) is 4. The lowest BCUT2D eigenvalue weighted by atomic mass is 9.85. The standard InChI is InChI=1S/C14H27N3O2/c1-14(2,3)19-13(18)15-11-9-12(10-11)17-7-5-16(4)6-8-17/h11-12H,5-10H2,1-4H3,(H,15,18)/t11-,12+. The Balaban J connectivity index is 1.65. The summed E-state index contributed by atoms with van der Waals surface area (Å²) in [6, 6.07) is 0.938. The van der Waals surface area contributed by atoms with Crippen molar-refractivity contribution in [1.29, 1.82) is 0 Å². The molecule has 0 unspecified atom stereocenters. The highest BCUT2D eigenvalue weighted by molar-refractivity contribution is 5.68. The highest BCUT2D eigenvalue weighted by Gasteiger charge is 2.36. The van der Waals surface area contributed by atoms with Gasteiger partial charge < -0.3 is 15.0 Å². The first-order chi connectivity index (χ1) is 8.83. The van der Waals surface area contributed by atoms with E-state index >= 15 is 0 Å². The van der Waals surface area contributed by atoms with Gasteiger partial charge in [0.05, 0.1) is 0 Å². The molecule has 0 aromatic heterocycles. The van der Waals surface area contributed by atoms with Gasteiger partial charge in [-0.1, -0.05) is 0 Å². The van der Waals surface area contributed by atoms with E-state index in [1.54, 1.807) is 0 Å². The van der Waals surface area contributed by atoms with Crippen LogP contribution in [0.3, 0.4) is 0 Å². The maximum atomic E-state index is 11.6. The van der Waals surface area contributed by atoms with Crippen molar-refractivity contribution in [2.75, 3.05) is 33.2 Å². The summed E-state index contributed by atoms with van der Waals surface area (Å²) in [6.45, 7) is 10.3. The molecule has 2 fully saturated rings. The first-order valence-electron chi connectivity index (χ1n) is 7.25. The molecule has 1 N–H and O–H groups in total. The zero-order chi connectivity index (χ0) is 14.0. The third kappa shape index (κ3) is 4.35. The first kappa shape index (κ1) is 14.6. The topological polar surface area (TPSA) is 44.8 Å². The summed E-state index contributed by atoms with van der Waals surface area (Å²) in [5.74, 6) is 0. The van der Waals surface area contributed by atoms with Gasteiger partial charge >= 0.3 is 6.09 Å². The lowest BCUT2D eigenvalue weighted by Crippen LogP contribution is -2.58. The first-order valence-corrected chi connectivity index (χ1v) is 7.25. The molecule has 0 bridgehead atoms. The maximum absolute atomic E-state index is 11.6. The molecule has 1 amide bonds. The van der Waals surface area contributed by atoms with Crippen LogP contribution in [0.15, 0.2) is 0 Å². The zero-order valence-corrected chi connectivity index (χ0v) is 12.6. The van der Waals surface area contributed by atoms with E-state index in [1.165, 1.54) is 0 Å². The van der Waals surface area contributed by atoms with Crippen LogP contribution in [0.1, 0.15) is 33.6 Å². The van der Waals surface area contributed by atoms with Gasteiger partial charge in [0, 0.05) is 38.3 Å². The molecule has 5 nitrogen and oxygen atoms in total. The van der Waals surface area contributed by atoms with Crippen LogP contribution in [0.25, 0.3) is 0 Å². The van der Waals surface area contributed by atoms with Crippen molar-refractivity contribution in [3.63, 3.8) is 0 Å². The molecule has 0 radical (unpaired) electrons. The second-order valence-corrected chi connectivity index (χ2v) is 6.81. The van der Waals surface area contributed by atoms with Crippen LogP contribution < -0.4 is 5.32 Å². The van der Waals surface area contributed by atoms with Crippen molar-refractivity contribution in [3.05, 3.63) is 0 Å². The van der Waals surface area contributed by atoms with Crippen LogP contribution in [0.5, 0.6) is 0 Å². The summed E-state index contributed by atoms with van der Waals surface area (Å²) in [5, 5.41) is 2.95. The molecule has 2 aliphatic rings. The highest BCUT2D eigenvalue weighted by atomic mass is 16.6. The summed E-state index contributed by atoms with van der Waals surface area (Å²) in [5.41, 5.74) is -0.412. The van der Waals surface area contributed by atoms with Gasteiger partial charge in [0.1, 0.15) is 5.60 Å². The number of piperazine rings is 1. The molecular weight excluding hydrogens is 242 g/mol. The predicted molar refractivity (Wildman–Crippen MR) is 75.2 cm³/mol. The van der Waals surface area contributed by atoms with Crippen LogP contribution in [0.4, 0.5) is 4.79 Å². The van der Waals surface area contributed by atoms with Gasteiger partial charge in [0.25, 0.3) is 0 Å². The Morgan fingerprint density at radius 2 is 1.74 bits per heavy atom. The van der Waals surface area contributed by atoms with E-state index in [2.05, 4.69) is 22.2 Å². The van der Waals surface area contributed by atoms with Crippen molar-refractivity contribution in [2.24, 2.45) is 0 Å². The summed E-state index contributed by atoms with van der Waals surface area (Å²) in [6.07, 6.45) is 1.83. The zero-order valence-electron chi connectivity index (χ0n) is 12.6. The van der Waals surface area contributed by atoms with Crippen molar-refractivity contribution in [1.82, 2.24) is 15.1 Å². The molecule has 1 aliphatic carbocycles. The molecule has 0 spiro atoms. The summed E-state index contributed by atoms with van der Waals surface area (Å²) < 4.78 is 5.27. The molecule has 0 aromatic carbocycles. The Morgan fingerprint density at radius 3 is 2.26 bits per heavy atom. The highest BCUT2D eigenvalue weighted by Crippen LogP contribution is 2.26. The minimum Gasteiger partial charge on any atom is -0.444 e. The Labute approximate surface area is 116 Å². The lowest BCUT2D eigenvalue weighted by molar-refractivity contribution is 0.0305. The van der Waals surface area contributed by atoms with E-state index in [1.807, 2.05) is 20.8 Å². The second kappa shape index (κ2) is 5.67. The Morgan fingerprint density at radius 1 is 1.16 bits per heavy atom. The van der Waals surface area contributed by atoms with E-state index < -0.39 is 5.60 Å².